The first-order chi connectivity index (χ1) is 9.84. The van der Waals surface area contributed by atoms with Crippen molar-refractivity contribution in [2.45, 2.75) is 34.6 Å². The minimum atomic E-state index is 1.12. The van der Waals surface area contributed by atoms with Crippen LogP contribution < -0.4 is 0 Å². The standard InChI is InChI=1S/C14H11NS.2C2H6/c1-10-15-14-12(8-5-9-13(14)16-10)11-6-3-2-4-7-11;2*1-2/h2-9H,1H3;2*1-2H3. The third-order valence-corrected chi connectivity index (χ3v) is 3.55. The number of benzene rings is 2. The highest BCUT2D eigenvalue weighted by atomic mass is 32.1. The lowest BCUT2D eigenvalue weighted by atomic mass is 10.1. The Kier molecular flexibility index (Phi) is 6.96. The monoisotopic (exact) mass is 285 g/mol. The SMILES string of the molecule is CC.CC.Cc1nc2c(-c3ccccc3)cccc2s1. The summed E-state index contributed by atoms with van der Waals surface area (Å²) in [6.07, 6.45) is 0. The van der Waals surface area contributed by atoms with Crippen molar-refractivity contribution < 1.29 is 0 Å². The number of aromatic nitrogens is 1. The van der Waals surface area contributed by atoms with Gasteiger partial charge in [0.25, 0.3) is 0 Å². The van der Waals surface area contributed by atoms with Crippen LogP contribution in [0.5, 0.6) is 0 Å². The van der Waals surface area contributed by atoms with Crippen molar-refractivity contribution in [3.8, 4) is 11.1 Å². The maximum absolute atomic E-state index is 4.61. The summed E-state index contributed by atoms with van der Waals surface area (Å²) in [5, 5.41) is 1.12. The average Bonchev–Trinajstić information content (AvgIpc) is 2.92. The highest BCUT2D eigenvalue weighted by molar-refractivity contribution is 7.18. The molecule has 106 valence electrons. The van der Waals surface area contributed by atoms with E-state index in [1.54, 1.807) is 11.3 Å². The Bertz CT molecular complexity index is 626. The third-order valence-electron chi connectivity index (χ3n) is 2.61. The fraction of sp³-hybridized carbons (Fsp3) is 0.278. The summed E-state index contributed by atoms with van der Waals surface area (Å²) in [5.41, 5.74) is 3.58. The van der Waals surface area contributed by atoms with E-state index in [2.05, 4.69) is 54.4 Å². The molecule has 0 saturated heterocycles. The number of para-hydroxylation sites is 1. The smallest absolute Gasteiger partial charge is 0.0908 e. The van der Waals surface area contributed by atoms with Gasteiger partial charge in [0, 0.05) is 5.56 Å². The molecule has 0 spiro atoms. The predicted molar refractivity (Wildman–Crippen MR) is 92.5 cm³/mol. The van der Waals surface area contributed by atoms with Crippen LogP contribution in [0.3, 0.4) is 0 Å². The Balaban J connectivity index is 0.000000461. The molecule has 0 saturated carbocycles. The summed E-state index contributed by atoms with van der Waals surface area (Å²) in [6.45, 7) is 10.1. The van der Waals surface area contributed by atoms with Crippen LogP contribution in [-0.2, 0) is 0 Å². The van der Waals surface area contributed by atoms with Crippen LogP contribution in [-0.4, -0.2) is 4.98 Å². The number of fused-ring (bicyclic) bond motifs is 1. The van der Waals surface area contributed by atoms with Gasteiger partial charge >= 0.3 is 0 Å². The second-order valence-corrected chi connectivity index (χ2v) is 4.99. The second-order valence-electron chi connectivity index (χ2n) is 3.75. The molecule has 0 aliphatic carbocycles. The van der Waals surface area contributed by atoms with Crippen molar-refractivity contribution in [1.29, 1.82) is 0 Å². The van der Waals surface area contributed by atoms with Gasteiger partial charge in [0.05, 0.1) is 15.2 Å². The van der Waals surface area contributed by atoms with E-state index in [1.807, 2.05) is 33.8 Å². The zero-order valence-electron chi connectivity index (χ0n) is 13.0. The van der Waals surface area contributed by atoms with Gasteiger partial charge in [-0.05, 0) is 18.6 Å². The number of hydrogen-bond acceptors (Lipinski definition) is 2. The minimum Gasteiger partial charge on any atom is -0.241 e. The molecule has 1 aromatic heterocycles. The van der Waals surface area contributed by atoms with Gasteiger partial charge in [-0.1, -0.05) is 70.2 Å². The number of aryl methyl sites for hydroxylation is 1. The van der Waals surface area contributed by atoms with E-state index in [4.69, 9.17) is 0 Å². The van der Waals surface area contributed by atoms with Gasteiger partial charge in [-0.15, -0.1) is 11.3 Å². The van der Waals surface area contributed by atoms with Crippen LogP contribution in [0.2, 0.25) is 0 Å². The zero-order valence-corrected chi connectivity index (χ0v) is 13.8. The van der Waals surface area contributed by atoms with Crippen molar-refractivity contribution in [2.24, 2.45) is 0 Å². The molecule has 0 unspecified atom stereocenters. The summed E-state index contributed by atoms with van der Waals surface area (Å²) in [5.74, 6) is 0. The van der Waals surface area contributed by atoms with Crippen molar-refractivity contribution in [1.82, 2.24) is 4.98 Å². The Labute approximate surface area is 126 Å². The largest absolute Gasteiger partial charge is 0.241 e. The molecule has 0 bridgehead atoms. The quantitative estimate of drug-likeness (QED) is 0.509. The molecule has 0 amide bonds. The van der Waals surface area contributed by atoms with Gasteiger partial charge in [0.15, 0.2) is 0 Å². The molecule has 0 aliphatic rings. The number of hydrogen-bond donors (Lipinski definition) is 0. The van der Waals surface area contributed by atoms with E-state index >= 15 is 0 Å². The minimum absolute atomic E-state index is 1.12. The molecule has 3 aromatic rings. The van der Waals surface area contributed by atoms with Gasteiger partial charge in [0.2, 0.25) is 0 Å². The Morgan fingerprint density at radius 2 is 1.45 bits per heavy atom. The van der Waals surface area contributed by atoms with Gasteiger partial charge in [0.1, 0.15) is 0 Å². The van der Waals surface area contributed by atoms with E-state index in [0.29, 0.717) is 0 Å². The fourth-order valence-electron chi connectivity index (χ4n) is 1.91. The van der Waals surface area contributed by atoms with E-state index in [-0.39, 0.29) is 0 Å². The van der Waals surface area contributed by atoms with Crippen molar-refractivity contribution in [3.63, 3.8) is 0 Å². The second kappa shape index (κ2) is 8.49. The number of nitrogens with zero attached hydrogens (tertiary/aromatic N) is 1. The molecule has 1 nitrogen and oxygen atoms in total. The number of thiazole rings is 1. The molecular weight excluding hydrogens is 262 g/mol. The molecule has 2 aromatic carbocycles. The molecule has 0 radical (unpaired) electrons. The summed E-state index contributed by atoms with van der Waals surface area (Å²) >= 11 is 1.75. The average molecular weight is 285 g/mol. The lowest BCUT2D eigenvalue weighted by Gasteiger charge is -2.01. The first-order valence-electron chi connectivity index (χ1n) is 7.26. The predicted octanol–water partition coefficient (Wildman–Crippen LogP) is 6.32. The van der Waals surface area contributed by atoms with Gasteiger partial charge in [-0.3, -0.25) is 0 Å². The van der Waals surface area contributed by atoms with Crippen LogP contribution in [0.25, 0.3) is 21.3 Å². The van der Waals surface area contributed by atoms with Crippen LogP contribution in [0.15, 0.2) is 48.5 Å². The molecule has 1 heterocycles. The van der Waals surface area contributed by atoms with Crippen LogP contribution >= 0.6 is 11.3 Å². The van der Waals surface area contributed by atoms with Crippen LogP contribution in [0, 0.1) is 6.92 Å². The molecule has 0 atom stereocenters. The summed E-state index contributed by atoms with van der Waals surface area (Å²) in [7, 11) is 0. The lowest BCUT2D eigenvalue weighted by molar-refractivity contribution is 1.35. The van der Waals surface area contributed by atoms with E-state index in [9.17, 15) is 0 Å². The topological polar surface area (TPSA) is 12.9 Å². The number of rotatable bonds is 1. The molecule has 0 fully saturated rings. The Hall–Kier alpha value is -1.67. The van der Waals surface area contributed by atoms with E-state index < -0.39 is 0 Å². The van der Waals surface area contributed by atoms with Crippen molar-refractivity contribution >= 4 is 21.6 Å². The molecule has 0 aliphatic heterocycles. The highest BCUT2D eigenvalue weighted by Gasteiger charge is 2.06. The van der Waals surface area contributed by atoms with Gasteiger partial charge in [-0.2, -0.15) is 0 Å². The van der Waals surface area contributed by atoms with Crippen LogP contribution in [0.1, 0.15) is 32.7 Å². The lowest BCUT2D eigenvalue weighted by Crippen LogP contribution is -1.79. The van der Waals surface area contributed by atoms with Crippen molar-refractivity contribution in [3.05, 3.63) is 53.5 Å². The summed E-state index contributed by atoms with van der Waals surface area (Å²) in [6, 6.07) is 16.8. The first-order valence-corrected chi connectivity index (χ1v) is 8.08. The molecular formula is C18H23NS. The summed E-state index contributed by atoms with van der Waals surface area (Å²) in [4.78, 5) is 4.61. The maximum Gasteiger partial charge on any atom is 0.0908 e. The van der Waals surface area contributed by atoms with Gasteiger partial charge < -0.3 is 0 Å². The molecule has 2 heteroatoms. The Morgan fingerprint density at radius 3 is 2.10 bits per heavy atom. The van der Waals surface area contributed by atoms with Crippen LogP contribution in [0.4, 0.5) is 0 Å². The summed E-state index contributed by atoms with van der Waals surface area (Å²) < 4.78 is 1.26. The molecule has 3 rings (SSSR count). The van der Waals surface area contributed by atoms with E-state index in [1.165, 1.54) is 15.8 Å². The highest BCUT2D eigenvalue weighted by Crippen LogP contribution is 2.30. The van der Waals surface area contributed by atoms with Gasteiger partial charge in [-0.25, -0.2) is 4.98 Å². The van der Waals surface area contributed by atoms with Crippen molar-refractivity contribution in [2.75, 3.05) is 0 Å². The third kappa shape index (κ3) is 3.67. The fourth-order valence-corrected chi connectivity index (χ4v) is 2.76. The molecule has 0 N–H and O–H groups in total. The normalized spacial score (nSPS) is 9.25. The molecule has 20 heavy (non-hydrogen) atoms. The Morgan fingerprint density at radius 1 is 0.800 bits per heavy atom. The van der Waals surface area contributed by atoms with E-state index in [0.717, 1.165) is 10.5 Å². The first kappa shape index (κ1) is 16.4. The maximum atomic E-state index is 4.61. The zero-order chi connectivity index (χ0) is 15.0.